The molecule has 0 atom stereocenters. The molecule has 1 aromatic rings. The summed E-state index contributed by atoms with van der Waals surface area (Å²) < 4.78 is 5.66. The van der Waals surface area contributed by atoms with Gasteiger partial charge in [0, 0.05) is 6.54 Å². The average Bonchev–Trinajstić information content (AvgIpc) is 2.17. The molecule has 0 aliphatic carbocycles. The van der Waals surface area contributed by atoms with Gasteiger partial charge in [0.25, 0.3) is 0 Å². The first-order valence-corrected chi connectivity index (χ1v) is 5.50. The number of nitrogens with zero attached hydrogens (tertiary/aromatic N) is 1. The molecule has 0 amide bonds. The van der Waals surface area contributed by atoms with Gasteiger partial charge < -0.3 is 9.64 Å². The molecule has 0 bridgehead atoms. The minimum Gasteiger partial charge on any atom is -0.492 e. The van der Waals surface area contributed by atoms with Crippen LogP contribution in [-0.4, -0.2) is 32.1 Å². The fraction of sp³-hybridized carbons (Fsp3) is 0.538. The summed E-state index contributed by atoms with van der Waals surface area (Å²) in [6.07, 6.45) is 1.09. The van der Waals surface area contributed by atoms with E-state index >= 15 is 0 Å². The highest BCUT2D eigenvalue weighted by molar-refractivity contribution is 5.34. The van der Waals surface area contributed by atoms with Crippen LogP contribution in [0.4, 0.5) is 0 Å². The molecule has 0 aliphatic heterocycles. The van der Waals surface area contributed by atoms with E-state index in [0.29, 0.717) is 0 Å². The van der Waals surface area contributed by atoms with Crippen LogP contribution in [0.1, 0.15) is 18.1 Å². The third-order valence-electron chi connectivity index (χ3n) is 2.50. The number of ether oxygens (including phenoxy) is 1. The minimum atomic E-state index is 0.748. The average molecular weight is 207 g/mol. The number of aryl methyl sites for hydroxylation is 2. The van der Waals surface area contributed by atoms with E-state index in [2.05, 4.69) is 51.0 Å². The zero-order valence-corrected chi connectivity index (χ0v) is 10.2. The Bertz CT molecular complexity index is 307. The molecule has 15 heavy (non-hydrogen) atoms. The van der Waals surface area contributed by atoms with Gasteiger partial charge in [-0.15, -0.1) is 0 Å². The highest BCUT2D eigenvalue weighted by Crippen LogP contribution is 2.17. The second-order valence-corrected chi connectivity index (χ2v) is 4.09. The van der Waals surface area contributed by atoms with Gasteiger partial charge in [0.1, 0.15) is 12.4 Å². The molecule has 1 rings (SSSR count). The number of hydrogen-bond acceptors (Lipinski definition) is 2. The van der Waals surface area contributed by atoms with E-state index in [1.807, 2.05) is 0 Å². The van der Waals surface area contributed by atoms with Crippen LogP contribution >= 0.6 is 0 Å². The Balaban J connectivity index is 2.52. The molecule has 0 aromatic heterocycles. The molecule has 0 heterocycles. The van der Waals surface area contributed by atoms with Crippen molar-refractivity contribution in [2.24, 2.45) is 0 Å². The van der Waals surface area contributed by atoms with Gasteiger partial charge in [0.2, 0.25) is 0 Å². The summed E-state index contributed by atoms with van der Waals surface area (Å²) >= 11 is 0. The van der Waals surface area contributed by atoms with Crippen LogP contribution in [0, 0.1) is 6.92 Å². The number of rotatable bonds is 5. The highest BCUT2D eigenvalue weighted by atomic mass is 16.5. The lowest BCUT2D eigenvalue weighted by Gasteiger charge is -2.12. The largest absolute Gasteiger partial charge is 0.492 e. The summed E-state index contributed by atoms with van der Waals surface area (Å²) in [5.41, 5.74) is 2.72. The first kappa shape index (κ1) is 12.1. The third kappa shape index (κ3) is 3.92. The normalized spacial score (nSPS) is 10.7. The molecule has 0 saturated carbocycles. The predicted octanol–water partition coefficient (Wildman–Crippen LogP) is 2.50. The quantitative estimate of drug-likeness (QED) is 0.735. The lowest BCUT2D eigenvalue weighted by molar-refractivity contribution is 0.261. The Hall–Kier alpha value is -1.02. The fourth-order valence-electron chi connectivity index (χ4n) is 1.50. The van der Waals surface area contributed by atoms with Crippen molar-refractivity contribution in [2.45, 2.75) is 20.3 Å². The second kappa shape index (κ2) is 5.76. The van der Waals surface area contributed by atoms with E-state index in [1.165, 1.54) is 11.1 Å². The summed E-state index contributed by atoms with van der Waals surface area (Å²) in [6, 6.07) is 6.33. The van der Waals surface area contributed by atoms with Crippen LogP contribution in [0.25, 0.3) is 0 Å². The van der Waals surface area contributed by atoms with Crippen LogP contribution in [-0.2, 0) is 6.42 Å². The van der Waals surface area contributed by atoms with Crippen molar-refractivity contribution in [1.29, 1.82) is 0 Å². The monoisotopic (exact) mass is 207 g/mol. The predicted molar refractivity (Wildman–Crippen MR) is 64.6 cm³/mol. The SMILES string of the molecule is CCc1ccc(OCCN(C)C)cc1C. The van der Waals surface area contributed by atoms with Gasteiger partial charge in [-0.2, -0.15) is 0 Å². The summed E-state index contributed by atoms with van der Waals surface area (Å²) in [4.78, 5) is 2.12. The van der Waals surface area contributed by atoms with Crippen molar-refractivity contribution in [2.75, 3.05) is 27.2 Å². The van der Waals surface area contributed by atoms with Gasteiger partial charge in [-0.3, -0.25) is 0 Å². The number of likely N-dealkylation sites (N-methyl/N-ethyl adjacent to an activating group) is 1. The van der Waals surface area contributed by atoms with E-state index in [4.69, 9.17) is 4.74 Å². The third-order valence-corrected chi connectivity index (χ3v) is 2.50. The second-order valence-electron chi connectivity index (χ2n) is 4.09. The summed E-state index contributed by atoms with van der Waals surface area (Å²) in [5, 5.41) is 0. The summed E-state index contributed by atoms with van der Waals surface area (Å²) in [5.74, 6) is 0.978. The van der Waals surface area contributed by atoms with Crippen LogP contribution < -0.4 is 4.74 Å². The maximum absolute atomic E-state index is 5.66. The molecule has 0 aliphatic rings. The maximum Gasteiger partial charge on any atom is 0.119 e. The first-order chi connectivity index (χ1) is 7.13. The van der Waals surface area contributed by atoms with Crippen molar-refractivity contribution >= 4 is 0 Å². The standard InChI is InChI=1S/C13H21NO/c1-5-12-6-7-13(10-11(12)2)15-9-8-14(3)4/h6-7,10H,5,8-9H2,1-4H3. The van der Waals surface area contributed by atoms with Gasteiger partial charge in [0.15, 0.2) is 0 Å². The maximum atomic E-state index is 5.66. The van der Waals surface area contributed by atoms with Crippen molar-refractivity contribution in [3.63, 3.8) is 0 Å². The molecule has 2 heteroatoms. The molecule has 2 nitrogen and oxygen atoms in total. The van der Waals surface area contributed by atoms with Crippen molar-refractivity contribution in [1.82, 2.24) is 4.90 Å². The van der Waals surface area contributed by atoms with E-state index < -0.39 is 0 Å². The van der Waals surface area contributed by atoms with Crippen LogP contribution in [0.3, 0.4) is 0 Å². The fourth-order valence-corrected chi connectivity index (χ4v) is 1.50. The zero-order valence-electron chi connectivity index (χ0n) is 10.2. The van der Waals surface area contributed by atoms with Gasteiger partial charge in [-0.25, -0.2) is 0 Å². The van der Waals surface area contributed by atoms with Crippen molar-refractivity contribution in [3.8, 4) is 5.75 Å². The Labute approximate surface area is 92.9 Å². The van der Waals surface area contributed by atoms with Gasteiger partial charge in [0.05, 0.1) is 0 Å². The summed E-state index contributed by atoms with van der Waals surface area (Å²) in [6.45, 7) is 6.01. The van der Waals surface area contributed by atoms with E-state index in [-0.39, 0.29) is 0 Å². The molecular formula is C13H21NO. The lowest BCUT2D eigenvalue weighted by atomic mass is 10.1. The van der Waals surface area contributed by atoms with E-state index in [9.17, 15) is 0 Å². The number of benzene rings is 1. The smallest absolute Gasteiger partial charge is 0.119 e. The zero-order chi connectivity index (χ0) is 11.3. The molecule has 0 radical (unpaired) electrons. The molecule has 0 fully saturated rings. The Morgan fingerprint density at radius 1 is 1.27 bits per heavy atom. The first-order valence-electron chi connectivity index (χ1n) is 5.50. The lowest BCUT2D eigenvalue weighted by Crippen LogP contribution is -2.19. The highest BCUT2D eigenvalue weighted by Gasteiger charge is 1.99. The Morgan fingerprint density at radius 2 is 2.00 bits per heavy atom. The number of hydrogen-bond donors (Lipinski definition) is 0. The minimum absolute atomic E-state index is 0.748. The molecule has 0 saturated heterocycles. The van der Waals surface area contributed by atoms with E-state index in [0.717, 1.165) is 25.3 Å². The van der Waals surface area contributed by atoms with Gasteiger partial charge >= 0.3 is 0 Å². The molecule has 0 spiro atoms. The van der Waals surface area contributed by atoms with Crippen LogP contribution in [0.2, 0.25) is 0 Å². The van der Waals surface area contributed by atoms with Crippen molar-refractivity contribution < 1.29 is 4.74 Å². The van der Waals surface area contributed by atoms with Crippen LogP contribution in [0.15, 0.2) is 18.2 Å². The molecular weight excluding hydrogens is 186 g/mol. The summed E-state index contributed by atoms with van der Waals surface area (Å²) in [7, 11) is 4.10. The molecule has 0 unspecified atom stereocenters. The molecule has 1 aromatic carbocycles. The van der Waals surface area contributed by atoms with Crippen LogP contribution in [0.5, 0.6) is 5.75 Å². The Morgan fingerprint density at radius 3 is 2.53 bits per heavy atom. The van der Waals surface area contributed by atoms with Gasteiger partial charge in [-0.1, -0.05) is 13.0 Å². The molecule has 0 N–H and O–H groups in total. The molecule has 84 valence electrons. The van der Waals surface area contributed by atoms with Gasteiger partial charge in [-0.05, 0) is 50.7 Å². The van der Waals surface area contributed by atoms with Crippen molar-refractivity contribution in [3.05, 3.63) is 29.3 Å². The van der Waals surface area contributed by atoms with E-state index in [1.54, 1.807) is 0 Å². The topological polar surface area (TPSA) is 12.5 Å². The Kier molecular flexibility index (Phi) is 4.63.